The van der Waals surface area contributed by atoms with Crippen LogP contribution in [0.3, 0.4) is 0 Å². The first-order valence-corrected chi connectivity index (χ1v) is 3.05. The zero-order valence-corrected chi connectivity index (χ0v) is 6.50. The van der Waals surface area contributed by atoms with Crippen molar-refractivity contribution in [3.05, 3.63) is 0 Å². The Morgan fingerprint density at radius 1 is 1.50 bits per heavy atom. The third-order valence-corrected chi connectivity index (χ3v) is 0.758. The van der Waals surface area contributed by atoms with E-state index in [4.69, 9.17) is 10.8 Å². The van der Waals surface area contributed by atoms with Crippen LogP contribution in [0.25, 0.3) is 0 Å². The van der Waals surface area contributed by atoms with Gasteiger partial charge in [0.2, 0.25) is 0 Å². The number of nitrogens with zero attached hydrogens (tertiary/aromatic N) is 2. The summed E-state index contributed by atoms with van der Waals surface area (Å²) in [4.78, 5) is 10.5. The van der Waals surface area contributed by atoms with Crippen molar-refractivity contribution in [2.24, 2.45) is 5.92 Å². The zero-order valence-electron chi connectivity index (χ0n) is 6.50. The maximum atomic E-state index is 10.5. The van der Waals surface area contributed by atoms with Crippen LogP contribution in [0.2, 0.25) is 0 Å². The highest BCUT2D eigenvalue weighted by atomic mass is 16.5. The van der Waals surface area contributed by atoms with Gasteiger partial charge in [0.05, 0.1) is 12.5 Å². The highest BCUT2D eigenvalue weighted by Gasteiger charge is 2.04. The summed E-state index contributed by atoms with van der Waals surface area (Å²) in [5.74, 6) is -0.109. The number of hydrogen-bond donors (Lipinski definition) is 0. The summed E-state index contributed by atoms with van der Waals surface area (Å²) in [6.07, 6.45) is 0. The van der Waals surface area contributed by atoms with Crippen LogP contribution >= 0.6 is 0 Å². The highest BCUT2D eigenvalue weighted by Crippen LogP contribution is 1.93. The molecule has 0 saturated carbocycles. The molecule has 0 amide bonds. The van der Waals surface area contributed by atoms with Gasteiger partial charge in [-0.1, -0.05) is 13.8 Å². The zero-order chi connectivity index (χ0) is 8.57. The van der Waals surface area contributed by atoms with Gasteiger partial charge in [0, 0.05) is 10.8 Å². The maximum Gasteiger partial charge on any atom is 0.308 e. The normalized spacial score (nSPS) is 7.80. The van der Waals surface area contributed by atoms with E-state index in [1.54, 1.807) is 6.92 Å². The van der Waals surface area contributed by atoms with Crippen molar-refractivity contribution in [2.75, 3.05) is 6.61 Å². The Hall–Kier alpha value is -1.11. The standard InChI is InChI=1S/C6H12O2.N2/c1-4-8-6(7)5(2)3;1-2/h5H,4H2,1-3H3;. The highest BCUT2D eigenvalue weighted by molar-refractivity contribution is 5.71. The quantitative estimate of drug-likeness (QED) is 0.431. The molecule has 4 heteroatoms. The van der Waals surface area contributed by atoms with E-state index in [1.165, 1.54) is 0 Å². The van der Waals surface area contributed by atoms with Crippen LogP contribution < -0.4 is 0 Å². The lowest BCUT2D eigenvalue weighted by molar-refractivity contribution is -0.146. The van der Waals surface area contributed by atoms with Crippen molar-refractivity contribution >= 4 is 5.97 Å². The molecule has 0 atom stereocenters. The Bertz CT molecular complexity index is 110. The number of carbonyl (C=O) groups is 1. The minimum Gasteiger partial charge on any atom is -0.466 e. The van der Waals surface area contributed by atoms with E-state index < -0.39 is 0 Å². The summed E-state index contributed by atoms with van der Waals surface area (Å²) in [6.45, 7) is 5.92. The van der Waals surface area contributed by atoms with Crippen molar-refractivity contribution in [1.29, 1.82) is 10.8 Å². The minimum absolute atomic E-state index is 0.00921. The molecule has 0 aromatic carbocycles. The van der Waals surface area contributed by atoms with Crippen LogP contribution in [-0.2, 0) is 9.53 Å². The number of rotatable bonds is 2. The fourth-order valence-electron chi connectivity index (χ4n) is 0.309. The minimum atomic E-state index is -0.118. The largest absolute Gasteiger partial charge is 0.466 e. The number of ether oxygens (including phenoxy) is 1. The third kappa shape index (κ3) is 6.89. The average Bonchev–Trinajstić information content (AvgIpc) is 1.93. The van der Waals surface area contributed by atoms with E-state index in [0.717, 1.165) is 0 Å². The fraction of sp³-hybridized carbons (Fsp3) is 0.833. The average molecular weight is 144 g/mol. The van der Waals surface area contributed by atoms with Crippen molar-refractivity contribution in [2.45, 2.75) is 20.8 Å². The second-order valence-electron chi connectivity index (χ2n) is 1.91. The Kier molecular flexibility index (Phi) is 9.20. The first-order valence-electron chi connectivity index (χ1n) is 3.05. The molecular formula is C6H12N2O2. The van der Waals surface area contributed by atoms with Gasteiger partial charge in [0.25, 0.3) is 0 Å². The molecule has 0 saturated heterocycles. The molecule has 0 unspecified atom stereocenters. The molecular weight excluding hydrogens is 132 g/mol. The summed E-state index contributed by atoms with van der Waals surface area (Å²) in [6, 6.07) is 0. The van der Waals surface area contributed by atoms with Gasteiger partial charge in [-0.2, -0.15) is 0 Å². The van der Waals surface area contributed by atoms with Crippen LogP contribution in [0.1, 0.15) is 20.8 Å². The van der Waals surface area contributed by atoms with Gasteiger partial charge in [0.1, 0.15) is 0 Å². The maximum absolute atomic E-state index is 10.5. The summed E-state index contributed by atoms with van der Waals surface area (Å²) in [5.41, 5.74) is 0. The summed E-state index contributed by atoms with van der Waals surface area (Å²) >= 11 is 0. The Morgan fingerprint density at radius 2 is 1.90 bits per heavy atom. The molecule has 0 spiro atoms. The van der Waals surface area contributed by atoms with E-state index in [9.17, 15) is 4.79 Å². The van der Waals surface area contributed by atoms with Gasteiger partial charge >= 0.3 is 5.97 Å². The number of hydrogen-bond acceptors (Lipinski definition) is 4. The monoisotopic (exact) mass is 144 g/mol. The van der Waals surface area contributed by atoms with E-state index in [-0.39, 0.29) is 11.9 Å². The lowest BCUT2D eigenvalue weighted by atomic mass is 10.2. The van der Waals surface area contributed by atoms with E-state index >= 15 is 0 Å². The molecule has 0 fully saturated rings. The van der Waals surface area contributed by atoms with Gasteiger partial charge in [-0.25, -0.2) is 0 Å². The lowest BCUT2D eigenvalue weighted by Crippen LogP contribution is -2.10. The van der Waals surface area contributed by atoms with Gasteiger partial charge in [-0.3, -0.25) is 4.79 Å². The molecule has 58 valence electrons. The van der Waals surface area contributed by atoms with Crippen LogP contribution in [0.4, 0.5) is 0 Å². The van der Waals surface area contributed by atoms with Crippen LogP contribution in [0.5, 0.6) is 0 Å². The Morgan fingerprint density at radius 3 is 2.00 bits per heavy atom. The third-order valence-electron chi connectivity index (χ3n) is 0.758. The van der Waals surface area contributed by atoms with E-state index in [0.29, 0.717) is 6.61 Å². The van der Waals surface area contributed by atoms with Gasteiger partial charge < -0.3 is 4.74 Å². The molecule has 0 aliphatic heterocycles. The Labute approximate surface area is 60.6 Å². The molecule has 10 heavy (non-hydrogen) atoms. The molecule has 0 N–H and O–H groups in total. The van der Waals surface area contributed by atoms with E-state index in [2.05, 4.69) is 4.74 Å². The second kappa shape index (κ2) is 7.89. The van der Waals surface area contributed by atoms with Gasteiger partial charge in [0.15, 0.2) is 0 Å². The Balaban J connectivity index is 0. The predicted molar refractivity (Wildman–Crippen MR) is 34.9 cm³/mol. The van der Waals surface area contributed by atoms with Gasteiger partial charge in [-0.05, 0) is 6.92 Å². The first-order chi connectivity index (χ1) is 4.68. The van der Waals surface area contributed by atoms with Crippen molar-refractivity contribution < 1.29 is 9.53 Å². The molecule has 0 aliphatic rings. The molecule has 0 bridgehead atoms. The van der Waals surface area contributed by atoms with Crippen LogP contribution in [0, 0.1) is 16.7 Å². The van der Waals surface area contributed by atoms with Crippen molar-refractivity contribution in [1.82, 2.24) is 0 Å². The molecule has 4 nitrogen and oxygen atoms in total. The SMILES string of the molecule is CCOC(=O)C(C)C.N#N. The summed E-state index contributed by atoms with van der Waals surface area (Å²) in [5, 5.41) is 12.0. The van der Waals surface area contributed by atoms with Crippen molar-refractivity contribution in [3.8, 4) is 0 Å². The molecule has 0 rings (SSSR count). The van der Waals surface area contributed by atoms with Crippen molar-refractivity contribution in [3.63, 3.8) is 0 Å². The van der Waals surface area contributed by atoms with E-state index in [1.807, 2.05) is 13.8 Å². The number of carbonyl (C=O) groups excluding carboxylic acids is 1. The topological polar surface area (TPSA) is 73.9 Å². The molecule has 0 aliphatic carbocycles. The second-order valence-corrected chi connectivity index (χ2v) is 1.91. The molecule has 0 radical (unpaired) electrons. The number of esters is 1. The fourth-order valence-corrected chi connectivity index (χ4v) is 0.309. The summed E-state index contributed by atoms with van der Waals surface area (Å²) < 4.78 is 4.66. The molecule has 0 aromatic heterocycles. The summed E-state index contributed by atoms with van der Waals surface area (Å²) in [7, 11) is 0. The molecule has 0 heterocycles. The molecule has 0 aromatic rings. The van der Waals surface area contributed by atoms with Crippen LogP contribution in [-0.4, -0.2) is 12.6 Å². The predicted octanol–water partition coefficient (Wildman–Crippen LogP) is 1.24. The van der Waals surface area contributed by atoms with Gasteiger partial charge in [-0.15, -0.1) is 0 Å². The first kappa shape index (κ1) is 11.7. The lowest BCUT2D eigenvalue weighted by Gasteiger charge is -2.01. The smallest absolute Gasteiger partial charge is 0.308 e. The van der Waals surface area contributed by atoms with Crippen LogP contribution in [0.15, 0.2) is 0 Å².